The van der Waals surface area contributed by atoms with Crippen molar-refractivity contribution < 1.29 is 67.3 Å². The third-order valence-corrected chi connectivity index (χ3v) is 9.38. The summed E-state index contributed by atoms with van der Waals surface area (Å²) in [6.07, 6.45) is -4.82. The van der Waals surface area contributed by atoms with E-state index in [2.05, 4.69) is 0 Å². The first-order chi connectivity index (χ1) is 21.4. The van der Waals surface area contributed by atoms with Gasteiger partial charge in [-0.3, -0.25) is 24.0 Å². The van der Waals surface area contributed by atoms with Crippen LogP contribution in [0.1, 0.15) is 54.9 Å². The summed E-state index contributed by atoms with van der Waals surface area (Å²) < 4.78 is 40.4. The summed E-state index contributed by atoms with van der Waals surface area (Å²) in [6.45, 7) is 9.72. The molecule has 256 valence electrons. The van der Waals surface area contributed by atoms with Gasteiger partial charge in [0.25, 0.3) is 0 Å². The molecule has 14 heteroatoms. The van der Waals surface area contributed by atoms with Crippen LogP contribution in [-0.2, 0) is 57.1 Å². The quantitative estimate of drug-likeness (QED) is 0.214. The zero-order chi connectivity index (χ0) is 34.4. The Morgan fingerprint density at radius 1 is 1.00 bits per heavy atom. The van der Waals surface area contributed by atoms with Crippen LogP contribution < -0.4 is 0 Å². The van der Waals surface area contributed by atoms with Gasteiger partial charge in [0.2, 0.25) is 0 Å². The van der Waals surface area contributed by atoms with E-state index in [0.29, 0.717) is 5.57 Å². The zero-order valence-corrected chi connectivity index (χ0v) is 27.3. The van der Waals surface area contributed by atoms with Gasteiger partial charge in [0.1, 0.15) is 30.0 Å². The van der Waals surface area contributed by atoms with Gasteiger partial charge < -0.3 is 43.4 Å². The highest BCUT2D eigenvalue weighted by atomic mass is 16.7. The van der Waals surface area contributed by atoms with Crippen LogP contribution in [0.3, 0.4) is 0 Å². The highest BCUT2D eigenvalue weighted by Gasteiger charge is 2.80. The standard InChI is InChI=1S/C32H44O14/c1-15(2)11-23(36)46-27-24(37)26(43-18(5)34)30(7)21(42-17(4)33)10-9-20(13-40-8)12-22-32(39,16(3)29(38)45-22)28(44-19(6)35)25(30)31(27)14-41-31/h9-10,12,15-16,21-22,24-28,37,39H,11,13-14H2,1-8H3/b10-9-,20-12-/t16-,21-,22-,24+,25+,26-,27+,28-,30+,31-,32-/m0/s1. The molecular formula is C32H44O14. The second-order valence-electron chi connectivity index (χ2n) is 13.2. The Labute approximate surface area is 267 Å². The molecule has 14 nitrogen and oxygen atoms in total. The Bertz CT molecular complexity index is 1300. The minimum Gasteiger partial charge on any atom is -0.459 e. The van der Waals surface area contributed by atoms with Crippen molar-refractivity contribution in [2.45, 2.75) is 103 Å². The third-order valence-electron chi connectivity index (χ3n) is 9.38. The number of fused-ring (bicyclic) bond motifs is 3. The van der Waals surface area contributed by atoms with Crippen molar-refractivity contribution >= 4 is 29.8 Å². The number of aliphatic hydroxyl groups is 2. The minimum absolute atomic E-state index is 0.0237. The Kier molecular flexibility index (Phi) is 10.1. The maximum absolute atomic E-state index is 13.2. The SMILES string of the molecule is COCC1=C\[C@@H]2OC(=O)[C@H](C)[C@@]2(O)[C@@H](OC(C)=O)[C@H]2[C@@]3(CO3)[C@H](OC(=O)CC(C)C)[C@H](O)[C@H](OC(C)=O)[C@]2(C)[C@@H](OC(C)=O)/C=C\1. The van der Waals surface area contributed by atoms with Crippen molar-refractivity contribution in [2.75, 3.05) is 20.3 Å². The molecule has 0 radical (unpaired) electrons. The third kappa shape index (κ3) is 6.19. The number of methoxy groups -OCH3 is 1. The van der Waals surface area contributed by atoms with Crippen LogP contribution in [0.2, 0.25) is 0 Å². The summed E-state index contributed by atoms with van der Waals surface area (Å²) >= 11 is 0. The molecule has 4 aliphatic rings. The van der Waals surface area contributed by atoms with Crippen molar-refractivity contribution in [3.8, 4) is 0 Å². The number of hydrogen-bond donors (Lipinski definition) is 2. The van der Waals surface area contributed by atoms with Crippen LogP contribution in [0, 0.1) is 23.2 Å². The molecule has 1 saturated carbocycles. The van der Waals surface area contributed by atoms with Crippen LogP contribution in [0.4, 0.5) is 0 Å². The Balaban J connectivity index is 2.09. The normalized spacial score (nSPS) is 41.6. The molecule has 0 aromatic carbocycles. The van der Waals surface area contributed by atoms with E-state index in [9.17, 15) is 34.2 Å². The summed E-state index contributed by atoms with van der Waals surface area (Å²) in [5, 5.41) is 24.6. The van der Waals surface area contributed by atoms with Crippen molar-refractivity contribution in [1.82, 2.24) is 0 Å². The maximum Gasteiger partial charge on any atom is 0.312 e. The molecule has 2 aliphatic heterocycles. The molecule has 0 unspecified atom stereocenters. The Morgan fingerprint density at radius 3 is 2.11 bits per heavy atom. The molecule has 0 aromatic heterocycles. The van der Waals surface area contributed by atoms with Gasteiger partial charge in [-0.1, -0.05) is 26.8 Å². The van der Waals surface area contributed by atoms with Gasteiger partial charge in [-0.25, -0.2) is 0 Å². The van der Waals surface area contributed by atoms with E-state index in [1.54, 1.807) is 13.8 Å². The number of ether oxygens (including phenoxy) is 7. The van der Waals surface area contributed by atoms with Gasteiger partial charge in [0, 0.05) is 40.2 Å². The number of carbonyl (C=O) groups excluding carboxylic acids is 5. The number of aliphatic hydroxyl groups excluding tert-OH is 1. The molecule has 46 heavy (non-hydrogen) atoms. The second kappa shape index (κ2) is 13.1. The first-order valence-corrected chi connectivity index (χ1v) is 15.3. The highest BCUT2D eigenvalue weighted by Crippen LogP contribution is 2.62. The fourth-order valence-corrected chi connectivity index (χ4v) is 7.33. The van der Waals surface area contributed by atoms with E-state index in [0.717, 1.165) is 20.8 Å². The molecule has 2 heterocycles. The number of carbonyl (C=O) groups is 5. The smallest absolute Gasteiger partial charge is 0.312 e. The lowest BCUT2D eigenvalue weighted by Crippen LogP contribution is -2.75. The van der Waals surface area contributed by atoms with E-state index < -0.39 is 94.9 Å². The Morgan fingerprint density at radius 2 is 1.59 bits per heavy atom. The molecular weight excluding hydrogens is 608 g/mol. The van der Waals surface area contributed by atoms with E-state index >= 15 is 0 Å². The molecule has 0 aromatic rings. The molecule has 0 amide bonds. The lowest BCUT2D eigenvalue weighted by atomic mass is 9.51. The van der Waals surface area contributed by atoms with E-state index in [1.165, 1.54) is 39.2 Å². The molecule has 2 aliphatic carbocycles. The van der Waals surface area contributed by atoms with Crippen LogP contribution in [0.25, 0.3) is 0 Å². The summed E-state index contributed by atoms with van der Waals surface area (Å²) in [5.74, 6) is -6.68. The molecule has 3 fully saturated rings. The predicted molar refractivity (Wildman–Crippen MR) is 155 cm³/mol. The van der Waals surface area contributed by atoms with E-state index in [1.807, 2.05) is 0 Å². The lowest BCUT2D eigenvalue weighted by Gasteiger charge is -2.58. The van der Waals surface area contributed by atoms with Crippen LogP contribution in [0.5, 0.6) is 0 Å². The average molecular weight is 653 g/mol. The number of esters is 5. The van der Waals surface area contributed by atoms with Crippen molar-refractivity contribution in [3.63, 3.8) is 0 Å². The van der Waals surface area contributed by atoms with Crippen molar-refractivity contribution in [2.24, 2.45) is 23.2 Å². The molecule has 2 saturated heterocycles. The highest BCUT2D eigenvalue weighted by molar-refractivity contribution is 5.78. The molecule has 0 bridgehead atoms. The average Bonchev–Trinajstić information content (AvgIpc) is 3.69. The summed E-state index contributed by atoms with van der Waals surface area (Å²) in [7, 11) is 1.43. The number of epoxide rings is 1. The summed E-state index contributed by atoms with van der Waals surface area (Å²) in [4.78, 5) is 64.4. The predicted octanol–water partition coefficient (Wildman–Crippen LogP) is 0.941. The van der Waals surface area contributed by atoms with Crippen LogP contribution in [0.15, 0.2) is 23.8 Å². The zero-order valence-electron chi connectivity index (χ0n) is 27.3. The van der Waals surface area contributed by atoms with Crippen LogP contribution >= 0.6 is 0 Å². The first kappa shape index (κ1) is 35.5. The topological polar surface area (TPSA) is 194 Å². The molecule has 2 N–H and O–H groups in total. The fourth-order valence-electron chi connectivity index (χ4n) is 7.33. The number of rotatable bonds is 8. The van der Waals surface area contributed by atoms with Gasteiger partial charge in [-0.05, 0) is 30.6 Å². The van der Waals surface area contributed by atoms with Crippen molar-refractivity contribution in [3.05, 3.63) is 23.8 Å². The monoisotopic (exact) mass is 652 g/mol. The van der Waals surface area contributed by atoms with Crippen LogP contribution in [-0.4, -0.2) is 108 Å². The maximum atomic E-state index is 13.2. The molecule has 4 rings (SSSR count). The Hall–Kier alpha value is -3.33. The largest absolute Gasteiger partial charge is 0.459 e. The molecule has 11 atom stereocenters. The van der Waals surface area contributed by atoms with Gasteiger partial charge >= 0.3 is 29.8 Å². The lowest BCUT2D eigenvalue weighted by molar-refractivity contribution is -0.276. The fraction of sp³-hybridized carbons (Fsp3) is 0.719. The first-order valence-electron chi connectivity index (χ1n) is 15.3. The minimum atomic E-state index is -2.30. The van der Waals surface area contributed by atoms with Crippen molar-refractivity contribution in [1.29, 1.82) is 0 Å². The number of hydrogen-bond acceptors (Lipinski definition) is 14. The second-order valence-corrected chi connectivity index (χ2v) is 13.2. The van der Waals surface area contributed by atoms with Gasteiger partial charge in [0.15, 0.2) is 17.8 Å². The van der Waals surface area contributed by atoms with E-state index in [4.69, 9.17) is 33.2 Å². The summed E-state index contributed by atoms with van der Waals surface area (Å²) in [6, 6.07) is 0. The van der Waals surface area contributed by atoms with Gasteiger partial charge in [-0.15, -0.1) is 0 Å². The molecule has 1 spiro atoms. The van der Waals surface area contributed by atoms with E-state index in [-0.39, 0.29) is 25.6 Å². The van der Waals surface area contributed by atoms with Gasteiger partial charge in [0.05, 0.1) is 24.5 Å². The van der Waals surface area contributed by atoms with Gasteiger partial charge in [-0.2, -0.15) is 0 Å². The summed E-state index contributed by atoms with van der Waals surface area (Å²) in [5.41, 5.74) is -5.35.